The topological polar surface area (TPSA) is 184 Å². The van der Waals surface area contributed by atoms with E-state index in [1.807, 2.05) is 76.2 Å². The first-order valence-corrected chi connectivity index (χ1v) is 47.2. The molecule has 0 aliphatic rings. The Kier molecular flexibility index (Phi) is 86.7. The minimum atomic E-state index is -0.105. The zero-order valence-electron chi connectivity index (χ0n) is 90.3. The average molecular weight is 1700 g/mol. The fourth-order valence-electron chi connectivity index (χ4n) is 9.83. The highest BCUT2D eigenvalue weighted by Crippen LogP contribution is 2.29. The van der Waals surface area contributed by atoms with Crippen molar-refractivity contribution in [1.82, 2.24) is 0 Å². The van der Waals surface area contributed by atoms with Crippen LogP contribution in [0.5, 0.6) is 0 Å². The van der Waals surface area contributed by atoms with Crippen molar-refractivity contribution in [2.45, 2.75) is 519 Å². The Morgan fingerprint density at radius 2 is 0.487 bits per heavy atom. The number of ether oxygens (including phenoxy) is 7. The first-order chi connectivity index (χ1) is 53.0. The summed E-state index contributed by atoms with van der Waals surface area (Å²) in [7, 11) is 0. The molecule has 0 spiro atoms. The molecule has 0 N–H and O–H groups in total. The lowest BCUT2D eigenvalue weighted by atomic mass is 9.86. The van der Waals surface area contributed by atoms with Gasteiger partial charge in [-0.25, -0.2) is 0 Å². The smallest absolute Gasteiger partial charge is 0.308 e. The van der Waals surface area contributed by atoms with E-state index in [0.29, 0.717) is 114 Å². The summed E-state index contributed by atoms with van der Waals surface area (Å²) in [4.78, 5) is 76.4. The first kappa shape index (κ1) is 138. The molecule has 0 rings (SSSR count). The maximum Gasteiger partial charge on any atom is 0.308 e. The highest BCUT2D eigenvalue weighted by Gasteiger charge is 2.21. The molecule has 0 heterocycles. The molecular weight excluding hydrogens is 1490 g/mol. The second kappa shape index (κ2) is 74.5. The third-order valence-electron chi connectivity index (χ3n) is 16.5. The molecule has 0 saturated carbocycles. The normalized spacial score (nSPS) is 12.3. The molecule has 14 heteroatoms. The molecule has 0 aromatic carbocycles. The minimum Gasteiger partial charge on any atom is -0.466 e. The molecule has 0 aromatic rings. The summed E-state index contributed by atoms with van der Waals surface area (Å²) in [6.07, 6.45) is 24.3. The number of hydrogen-bond acceptors (Lipinski definition) is 14. The standard InChI is InChI=1S/C12H24O2.2C11H22O2.3C10H20O2.C9H18O2.C9H20.2C8H18.C7H16/c1-10(2)9-11(13)14-8-6-7-12(3,4)5;1-9(2)10(12)13-8-6-7-11(3,4)5;1-6-10(12)13-9(2)7-8-11(3,4)5;1-8(2)9(11)12-7-6-10(3,4)5;1-6-9(11)12-8(2)7-10(3,4)5;1-5-9(11)12-8-6-7-10(2,3)4;1-5-8(10)11-7-6-9(2,3)4;1-8(2)6-7-9(3,4)5;1-7(2)6-8(3,4)5;1-5-6-7-8(2,3)4;1-5-6-7(2,3)4/h10H,6-9H2,1-5H3;2*9H,6-8H2,1-5H3;2*8H,6-7H2,1-5H3;5-8H2,1-4H3;5-7H2,1-4H3;8H,6-7H2,1-5H3;7H,6H2,1-5H3;5-7H2,1-4H3;5-6H2,1-4H3. The van der Waals surface area contributed by atoms with Crippen LogP contribution in [0.4, 0.5) is 0 Å². The fourth-order valence-corrected chi connectivity index (χ4v) is 9.83. The largest absolute Gasteiger partial charge is 0.466 e. The number of esters is 7. The zero-order valence-corrected chi connectivity index (χ0v) is 90.3. The van der Waals surface area contributed by atoms with E-state index in [4.69, 9.17) is 33.2 Å². The Balaban J connectivity index is -0.000000120. The van der Waals surface area contributed by atoms with Gasteiger partial charge in [0.1, 0.15) is 0 Å². The lowest BCUT2D eigenvalue weighted by Gasteiger charge is -2.22. The summed E-state index contributed by atoms with van der Waals surface area (Å²) in [6, 6.07) is 0. The zero-order chi connectivity index (χ0) is 97.0. The van der Waals surface area contributed by atoms with Crippen LogP contribution in [0.1, 0.15) is 507 Å². The van der Waals surface area contributed by atoms with Gasteiger partial charge >= 0.3 is 41.8 Å². The molecular formula is C105H218O14. The Hall–Kier alpha value is -3.71. The van der Waals surface area contributed by atoms with Gasteiger partial charge in [0, 0.05) is 32.1 Å². The molecule has 0 bridgehead atoms. The number of rotatable bonds is 32. The summed E-state index contributed by atoms with van der Waals surface area (Å²) in [5.41, 5.74) is 4.24. The van der Waals surface area contributed by atoms with E-state index in [-0.39, 0.29) is 82.1 Å². The van der Waals surface area contributed by atoms with Gasteiger partial charge in [0.05, 0.1) is 57.1 Å². The second-order valence-corrected chi connectivity index (χ2v) is 48.0. The minimum absolute atomic E-state index is 0.00497. The van der Waals surface area contributed by atoms with E-state index in [0.717, 1.165) is 82.5 Å². The van der Waals surface area contributed by atoms with Crippen molar-refractivity contribution >= 4 is 41.8 Å². The van der Waals surface area contributed by atoms with E-state index >= 15 is 0 Å². The monoisotopic (exact) mass is 1700 g/mol. The highest BCUT2D eigenvalue weighted by molar-refractivity contribution is 5.72. The molecule has 2 unspecified atom stereocenters. The lowest BCUT2D eigenvalue weighted by molar-refractivity contribution is -0.149. The lowest BCUT2D eigenvalue weighted by Crippen LogP contribution is -2.20. The van der Waals surface area contributed by atoms with Crippen LogP contribution in [-0.4, -0.2) is 87.0 Å². The van der Waals surface area contributed by atoms with Crippen molar-refractivity contribution in [2.75, 3.05) is 33.0 Å². The van der Waals surface area contributed by atoms with E-state index in [1.54, 1.807) is 6.92 Å². The van der Waals surface area contributed by atoms with Crippen LogP contribution in [0, 0.1) is 89.2 Å². The average Bonchev–Trinajstić information content (AvgIpc) is 0.937. The van der Waals surface area contributed by atoms with Gasteiger partial charge in [-0.15, -0.1) is 0 Å². The van der Waals surface area contributed by atoms with Crippen molar-refractivity contribution in [3.8, 4) is 0 Å². The van der Waals surface area contributed by atoms with Crippen molar-refractivity contribution in [3.05, 3.63) is 0 Å². The van der Waals surface area contributed by atoms with Crippen molar-refractivity contribution < 1.29 is 66.7 Å². The SMILES string of the molecule is CC(C)C(=O)OCCC(C)(C)C.CC(C)C(=O)OCCCC(C)(C)C.CC(C)CC(=O)OCCCC(C)(C)C.CC(C)CC(C)(C)C.CC(C)CCC(C)(C)C.CCC(=O)OC(C)CC(C)(C)C.CCC(=O)OC(C)CCC(C)(C)C.CCC(=O)OCCC(C)(C)C.CCC(=O)OCCCC(C)(C)C.CCCC(C)(C)C.CCCCC(C)(C)C. The number of carbonyl (C=O) groups excluding carboxylic acids is 7. The molecule has 119 heavy (non-hydrogen) atoms. The quantitative estimate of drug-likeness (QED) is 0.0352. The van der Waals surface area contributed by atoms with E-state index < -0.39 is 0 Å². The van der Waals surface area contributed by atoms with Crippen LogP contribution >= 0.6 is 0 Å². The van der Waals surface area contributed by atoms with Crippen molar-refractivity contribution in [3.63, 3.8) is 0 Å². The number of hydrogen-bond donors (Lipinski definition) is 0. The second-order valence-electron chi connectivity index (χ2n) is 48.0. The van der Waals surface area contributed by atoms with Gasteiger partial charge in [0.2, 0.25) is 0 Å². The number of unbranched alkanes of at least 4 members (excludes halogenated alkanes) is 1. The van der Waals surface area contributed by atoms with Gasteiger partial charge in [-0.2, -0.15) is 0 Å². The van der Waals surface area contributed by atoms with Crippen molar-refractivity contribution in [1.29, 1.82) is 0 Å². The van der Waals surface area contributed by atoms with Gasteiger partial charge in [-0.3, -0.25) is 33.6 Å². The molecule has 0 aliphatic heterocycles. The van der Waals surface area contributed by atoms with E-state index in [1.165, 1.54) is 51.4 Å². The molecule has 722 valence electrons. The van der Waals surface area contributed by atoms with Crippen molar-refractivity contribution in [2.24, 2.45) is 89.2 Å². The first-order valence-electron chi connectivity index (χ1n) is 47.2. The molecule has 2 atom stereocenters. The Bertz CT molecular complexity index is 2350. The summed E-state index contributed by atoms with van der Waals surface area (Å²) in [5, 5.41) is 0. The summed E-state index contributed by atoms with van der Waals surface area (Å²) in [5.74, 6) is 1.44. The van der Waals surface area contributed by atoms with Crippen LogP contribution in [0.2, 0.25) is 0 Å². The molecule has 0 radical (unpaired) electrons. The molecule has 0 fully saturated rings. The van der Waals surface area contributed by atoms with Gasteiger partial charge in [-0.05, 0) is 187 Å². The van der Waals surface area contributed by atoms with Crippen LogP contribution in [-0.2, 0) is 66.7 Å². The molecule has 0 amide bonds. The third kappa shape index (κ3) is 166. The Morgan fingerprint density at radius 3 is 0.706 bits per heavy atom. The van der Waals surface area contributed by atoms with Gasteiger partial charge in [0.25, 0.3) is 0 Å². The maximum absolute atomic E-state index is 11.2. The van der Waals surface area contributed by atoms with Gasteiger partial charge < -0.3 is 33.2 Å². The molecule has 0 saturated heterocycles. The van der Waals surface area contributed by atoms with Crippen LogP contribution in [0.25, 0.3) is 0 Å². The maximum atomic E-state index is 11.2. The molecule has 0 aromatic heterocycles. The van der Waals surface area contributed by atoms with Crippen LogP contribution in [0.3, 0.4) is 0 Å². The van der Waals surface area contributed by atoms with Crippen LogP contribution in [0.15, 0.2) is 0 Å². The van der Waals surface area contributed by atoms with Gasteiger partial charge in [0.15, 0.2) is 0 Å². The Morgan fingerprint density at radius 1 is 0.227 bits per heavy atom. The predicted molar refractivity (Wildman–Crippen MR) is 519 cm³/mol. The molecule has 14 nitrogen and oxygen atoms in total. The summed E-state index contributed by atoms with van der Waals surface area (Å²) >= 11 is 0. The van der Waals surface area contributed by atoms with E-state index in [9.17, 15) is 33.6 Å². The van der Waals surface area contributed by atoms with E-state index in [2.05, 4.69) is 270 Å². The van der Waals surface area contributed by atoms with Crippen LogP contribution < -0.4 is 0 Å². The fraction of sp³-hybridized carbons (Fsp3) is 0.933. The summed E-state index contributed by atoms with van der Waals surface area (Å²) in [6.45, 7) is 112. The molecule has 0 aliphatic carbocycles. The summed E-state index contributed by atoms with van der Waals surface area (Å²) < 4.78 is 35.4. The number of carbonyl (C=O) groups is 7. The predicted octanol–water partition coefficient (Wildman–Crippen LogP) is 32.7. The Labute approximate surface area is 746 Å². The highest BCUT2D eigenvalue weighted by atomic mass is 16.6. The third-order valence-corrected chi connectivity index (χ3v) is 16.5. The van der Waals surface area contributed by atoms with Gasteiger partial charge in [-0.1, -0.05) is 365 Å².